The van der Waals surface area contributed by atoms with E-state index in [0.29, 0.717) is 24.0 Å². The van der Waals surface area contributed by atoms with Crippen LogP contribution in [0.1, 0.15) is 64.7 Å². The van der Waals surface area contributed by atoms with E-state index in [4.69, 9.17) is 9.47 Å². The van der Waals surface area contributed by atoms with E-state index < -0.39 is 0 Å². The first-order valence-electron chi connectivity index (χ1n) is 10.9. The molecule has 1 aliphatic rings. The van der Waals surface area contributed by atoms with Crippen LogP contribution in [0.5, 0.6) is 5.75 Å². The molecule has 0 spiro atoms. The highest BCUT2D eigenvalue weighted by atomic mass is 16.6. The first kappa shape index (κ1) is 22.5. The van der Waals surface area contributed by atoms with Gasteiger partial charge < -0.3 is 14.4 Å². The molecule has 1 amide bonds. The highest BCUT2D eigenvalue weighted by Crippen LogP contribution is 2.30. The number of carbonyl (C=O) groups excluding carboxylic acids is 1. The molecule has 1 aromatic rings. The number of hydrogen-bond acceptors (Lipinski definition) is 4. The van der Waals surface area contributed by atoms with Crippen LogP contribution in [-0.4, -0.2) is 44.3 Å². The Morgan fingerprint density at radius 1 is 1.11 bits per heavy atom. The Balaban J connectivity index is 1.77. The van der Waals surface area contributed by atoms with Crippen molar-refractivity contribution in [1.29, 1.82) is 0 Å². The predicted molar refractivity (Wildman–Crippen MR) is 115 cm³/mol. The van der Waals surface area contributed by atoms with E-state index >= 15 is 0 Å². The molecule has 1 saturated carbocycles. The van der Waals surface area contributed by atoms with Crippen LogP contribution in [0.25, 0.3) is 0 Å². The van der Waals surface area contributed by atoms with Crippen LogP contribution in [0.4, 0.5) is 10.5 Å². The number of anilines is 1. The number of nitrogens with one attached hydrogen (secondary N) is 1. The average molecular weight is 391 g/mol. The lowest BCUT2D eigenvalue weighted by atomic mass is 10.1. The summed E-state index contributed by atoms with van der Waals surface area (Å²) in [5, 5.41) is 2.88. The minimum atomic E-state index is -0.383. The maximum atomic E-state index is 12.4. The molecule has 0 heterocycles. The van der Waals surface area contributed by atoms with Crippen molar-refractivity contribution >= 4 is 11.8 Å². The Hall–Kier alpha value is -1.75. The molecule has 0 aromatic heterocycles. The normalized spacial score (nSPS) is 19.0. The molecule has 2 rings (SSSR count). The third kappa shape index (κ3) is 8.09. The summed E-state index contributed by atoms with van der Waals surface area (Å²) in [6.07, 6.45) is 10.2. The van der Waals surface area contributed by atoms with E-state index in [1.54, 1.807) is 0 Å². The van der Waals surface area contributed by atoms with Crippen molar-refractivity contribution in [3.8, 4) is 5.75 Å². The van der Waals surface area contributed by atoms with Crippen molar-refractivity contribution in [3.63, 3.8) is 0 Å². The van der Waals surface area contributed by atoms with Crippen molar-refractivity contribution in [2.75, 3.05) is 32.6 Å². The highest BCUT2D eigenvalue weighted by Gasteiger charge is 2.30. The van der Waals surface area contributed by atoms with Crippen molar-refractivity contribution in [3.05, 3.63) is 24.3 Å². The monoisotopic (exact) mass is 390 g/mol. The number of rotatable bonds is 12. The first-order valence-corrected chi connectivity index (χ1v) is 10.9. The van der Waals surface area contributed by atoms with Crippen LogP contribution in [-0.2, 0) is 4.74 Å². The second-order valence-electron chi connectivity index (χ2n) is 8.13. The van der Waals surface area contributed by atoms with Gasteiger partial charge in [-0.15, -0.1) is 0 Å². The highest BCUT2D eigenvalue weighted by molar-refractivity contribution is 5.86. The molecule has 1 aromatic carbocycles. The van der Waals surface area contributed by atoms with Gasteiger partial charge in [0.15, 0.2) is 0 Å². The maximum absolute atomic E-state index is 12.4. The van der Waals surface area contributed by atoms with Gasteiger partial charge in [0.2, 0.25) is 0 Å². The van der Waals surface area contributed by atoms with Crippen LogP contribution >= 0.6 is 0 Å². The van der Waals surface area contributed by atoms with Gasteiger partial charge >= 0.3 is 6.09 Å². The molecule has 5 nitrogen and oxygen atoms in total. The molecule has 158 valence electrons. The standard InChI is InChI=1S/C23H38N2O3/c1-4-5-6-7-8-11-17-27-22-15-10-9-14-20(22)24-23(26)28-21-16-12-13-19(21)18-25(2)3/h9-10,14-15,19,21H,4-8,11-13,16-18H2,1-3H3,(H,24,26)/t19-,21+/m1/s1. The third-order valence-corrected chi connectivity index (χ3v) is 5.33. The fraction of sp³-hybridized carbons (Fsp3) is 0.696. The lowest BCUT2D eigenvalue weighted by Gasteiger charge is -2.23. The Morgan fingerprint density at radius 3 is 2.64 bits per heavy atom. The zero-order valence-electron chi connectivity index (χ0n) is 17.9. The summed E-state index contributed by atoms with van der Waals surface area (Å²) in [6, 6.07) is 7.59. The largest absolute Gasteiger partial charge is 0.491 e. The molecule has 28 heavy (non-hydrogen) atoms. The van der Waals surface area contributed by atoms with Crippen molar-refractivity contribution < 1.29 is 14.3 Å². The molecule has 5 heteroatoms. The minimum absolute atomic E-state index is 0.00130. The van der Waals surface area contributed by atoms with Gasteiger partial charge in [-0.3, -0.25) is 5.32 Å². The number of amides is 1. The zero-order valence-corrected chi connectivity index (χ0v) is 17.9. The molecule has 1 aliphatic carbocycles. The van der Waals surface area contributed by atoms with Crippen LogP contribution in [0.15, 0.2) is 24.3 Å². The Morgan fingerprint density at radius 2 is 1.86 bits per heavy atom. The second-order valence-corrected chi connectivity index (χ2v) is 8.13. The maximum Gasteiger partial charge on any atom is 0.412 e. The van der Waals surface area contributed by atoms with Gasteiger partial charge in [0, 0.05) is 12.5 Å². The molecular formula is C23H38N2O3. The summed E-state index contributed by atoms with van der Waals surface area (Å²) in [4.78, 5) is 14.6. The molecule has 0 saturated heterocycles. The fourth-order valence-corrected chi connectivity index (χ4v) is 3.87. The molecular weight excluding hydrogens is 352 g/mol. The summed E-state index contributed by atoms with van der Waals surface area (Å²) in [7, 11) is 4.12. The zero-order chi connectivity index (χ0) is 20.2. The summed E-state index contributed by atoms with van der Waals surface area (Å²) in [5.41, 5.74) is 0.681. The Bertz CT molecular complexity index is 577. The molecule has 0 bridgehead atoms. The van der Waals surface area contributed by atoms with Gasteiger partial charge in [0.25, 0.3) is 0 Å². The van der Waals surface area contributed by atoms with Crippen LogP contribution < -0.4 is 10.1 Å². The molecule has 0 aliphatic heterocycles. The quantitative estimate of drug-likeness (QED) is 0.465. The smallest absolute Gasteiger partial charge is 0.412 e. The number of unbranched alkanes of at least 4 members (excludes halogenated alkanes) is 5. The summed E-state index contributed by atoms with van der Waals surface area (Å²) < 4.78 is 11.6. The van der Waals surface area contributed by atoms with Crippen molar-refractivity contribution in [2.24, 2.45) is 5.92 Å². The summed E-state index contributed by atoms with van der Waals surface area (Å²) in [6.45, 7) is 3.86. The summed E-state index contributed by atoms with van der Waals surface area (Å²) in [5.74, 6) is 1.13. The van der Waals surface area contributed by atoms with E-state index in [9.17, 15) is 4.79 Å². The van der Waals surface area contributed by atoms with E-state index in [1.807, 2.05) is 24.3 Å². The third-order valence-electron chi connectivity index (χ3n) is 5.33. The first-order chi connectivity index (χ1) is 13.6. The van der Waals surface area contributed by atoms with Crippen molar-refractivity contribution in [1.82, 2.24) is 4.90 Å². The van der Waals surface area contributed by atoms with Crippen LogP contribution in [0, 0.1) is 5.92 Å². The molecule has 1 N–H and O–H groups in total. The molecule has 1 fully saturated rings. The molecule has 0 radical (unpaired) electrons. The van der Waals surface area contributed by atoms with Crippen molar-refractivity contribution in [2.45, 2.75) is 70.8 Å². The van der Waals surface area contributed by atoms with E-state index in [0.717, 1.165) is 32.2 Å². The number of hydrogen-bond donors (Lipinski definition) is 1. The predicted octanol–water partition coefficient (Wildman–Crippen LogP) is 5.70. The Labute approximate surface area is 170 Å². The van der Waals surface area contributed by atoms with Gasteiger partial charge in [-0.1, -0.05) is 51.2 Å². The molecule has 2 atom stereocenters. The second kappa shape index (κ2) is 12.7. The number of carbonyl (C=O) groups is 1. The SMILES string of the molecule is CCCCCCCCOc1ccccc1NC(=O)O[C@H]1CCC[C@@H]1CN(C)C. The topological polar surface area (TPSA) is 50.8 Å². The van der Waals surface area contributed by atoms with Gasteiger partial charge in [-0.2, -0.15) is 0 Å². The van der Waals surface area contributed by atoms with Crippen LogP contribution in [0.2, 0.25) is 0 Å². The average Bonchev–Trinajstić information content (AvgIpc) is 3.08. The lowest BCUT2D eigenvalue weighted by molar-refractivity contribution is 0.0780. The fourth-order valence-electron chi connectivity index (χ4n) is 3.87. The van der Waals surface area contributed by atoms with Gasteiger partial charge in [0.05, 0.1) is 12.3 Å². The van der Waals surface area contributed by atoms with E-state index in [-0.39, 0.29) is 12.2 Å². The lowest BCUT2D eigenvalue weighted by Crippen LogP contribution is -2.31. The Kier molecular flexibility index (Phi) is 10.2. The van der Waals surface area contributed by atoms with E-state index in [1.165, 1.54) is 32.1 Å². The van der Waals surface area contributed by atoms with E-state index in [2.05, 4.69) is 31.2 Å². The van der Waals surface area contributed by atoms with Gasteiger partial charge in [-0.25, -0.2) is 4.79 Å². The molecule has 0 unspecified atom stereocenters. The number of nitrogens with zero attached hydrogens (tertiary/aromatic N) is 1. The number of ether oxygens (including phenoxy) is 2. The van der Waals surface area contributed by atoms with Crippen LogP contribution in [0.3, 0.4) is 0 Å². The minimum Gasteiger partial charge on any atom is -0.491 e. The number of benzene rings is 1. The summed E-state index contributed by atoms with van der Waals surface area (Å²) >= 11 is 0. The van der Waals surface area contributed by atoms with Gasteiger partial charge in [-0.05, 0) is 51.9 Å². The number of para-hydroxylation sites is 2. The van der Waals surface area contributed by atoms with Gasteiger partial charge in [0.1, 0.15) is 11.9 Å².